The van der Waals surface area contributed by atoms with Gasteiger partial charge in [-0.1, -0.05) is 6.92 Å². The lowest BCUT2D eigenvalue weighted by atomic mass is 10.2. The van der Waals surface area contributed by atoms with E-state index in [1.54, 1.807) is 0 Å². The van der Waals surface area contributed by atoms with Gasteiger partial charge < -0.3 is 15.1 Å². The van der Waals surface area contributed by atoms with Crippen LogP contribution in [0.25, 0.3) is 0 Å². The number of nitrogens with zero attached hydrogens (tertiary/aromatic N) is 1. The molecule has 0 heterocycles. The second-order valence-electron chi connectivity index (χ2n) is 3.77. The largest absolute Gasteiger partial charge is 0.481 e. The maximum atomic E-state index is 11.6. The van der Waals surface area contributed by atoms with Crippen LogP contribution in [0.3, 0.4) is 0 Å². The third-order valence-corrected chi connectivity index (χ3v) is 2.23. The molecule has 0 aliphatic rings. The van der Waals surface area contributed by atoms with Crippen LogP contribution in [0.4, 0.5) is 0 Å². The monoisotopic (exact) mass is 245 g/mol. The Balaban J connectivity index is 4.14. The molecule has 0 unspecified atom stereocenters. The highest BCUT2D eigenvalue weighted by atomic mass is 16.4. The van der Waals surface area contributed by atoms with Gasteiger partial charge in [0.25, 0.3) is 0 Å². The predicted octanol–water partition coefficient (Wildman–Crippen LogP) is 0.955. The molecule has 0 saturated carbocycles. The summed E-state index contributed by atoms with van der Waals surface area (Å²) in [6.45, 7) is 2.32. The van der Waals surface area contributed by atoms with Crippen LogP contribution in [0.15, 0.2) is 0 Å². The van der Waals surface area contributed by atoms with E-state index >= 15 is 0 Å². The average Bonchev–Trinajstić information content (AvgIpc) is 2.22. The lowest BCUT2D eigenvalue weighted by molar-refractivity contribution is -0.140. The highest BCUT2D eigenvalue weighted by Gasteiger charge is 2.14. The summed E-state index contributed by atoms with van der Waals surface area (Å²) in [6, 6.07) is 0. The molecule has 98 valence electrons. The summed E-state index contributed by atoms with van der Waals surface area (Å²) >= 11 is 0. The Kier molecular flexibility index (Phi) is 7.75. The molecule has 17 heavy (non-hydrogen) atoms. The molecular formula is C11H19NO5. The minimum absolute atomic E-state index is 0.0109. The van der Waals surface area contributed by atoms with Gasteiger partial charge in [0.05, 0.1) is 6.42 Å². The zero-order valence-electron chi connectivity index (χ0n) is 10.0. The van der Waals surface area contributed by atoms with Crippen LogP contribution in [0.5, 0.6) is 0 Å². The van der Waals surface area contributed by atoms with Crippen molar-refractivity contribution >= 4 is 17.8 Å². The molecule has 0 aromatic heterocycles. The number of carboxylic acids is 2. The van der Waals surface area contributed by atoms with Crippen molar-refractivity contribution in [2.45, 2.75) is 39.0 Å². The molecule has 1 amide bonds. The summed E-state index contributed by atoms with van der Waals surface area (Å²) in [5.41, 5.74) is 0. The van der Waals surface area contributed by atoms with Gasteiger partial charge in [-0.05, 0) is 12.8 Å². The van der Waals surface area contributed by atoms with Gasteiger partial charge in [0.15, 0.2) is 0 Å². The van der Waals surface area contributed by atoms with Crippen molar-refractivity contribution < 1.29 is 24.6 Å². The van der Waals surface area contributed by atoms with Crippen molar-refractivity contribution in [3.8, 4) is 0 Å². The first-order valence-corrected chi connectivity index (χ1v) is 5.68. The predicted molar refractivity (Wildman–Crippen MR) is 60.6 cm³/mol. The number of amides is 1. The van der Waals surface area contributed by atoms with Gasteiger partial charge in [-0.3, -0.25) is 14.4 Å². The molecule has 0 aliphatic carbocycles. The van der Waals surface area contributed by atoms with Crippen LogP contribution >= 0.6 is 0 Å². The van der Waals surface area contributed by atoms with E-state index in [0.29, 0.717) is 25.8 Å². The number of carboxylic acid groups (broad SMARTS) is 2. The second kappa shape index (κ2) is 8.55. The number of carbonyl (C=O) groups excluding carboxylic acids is 1. The lowest BCUT2D eigenvalue weighted by Gasteiger charge is -2.21. The fourth-order valence-electron chi connectivity index (χ4n) is 1.38. The SMILES string of the molecule is CCCC(=O)N(CCCC(=O)O)CCC(=O)O. The molecule has 6 heteroatoms. The van der Waals surface area contributed by atoms with E-state index in [0.717, 1.165) is 0 Å². The van der Waals surface area contributed by atoms with Gasteiger partial charge in [0, 0.05) is 25.9 Å². The highest BCUT2D eigenvalue weighted by molar-refractivity contribution is 5.77. The Morgan fingerprint density at radius 2 is 1.53 bits per heavy atom. The summed E-state index contributed by atoms with van der Waals surface area (Å²) in [4.78, 5) is 33.8. The summed E-state index contributed by atoms with van der Waals surface area (Å²) in [5.74, 6) is -1.98. The number of hydrogen-bond acceptors (Lipinski definition) is 3. The second-order valence-corrected chi connectivity index (χ2v) is 3.77. The van der Waals surface area contributed by atoms with E-state index in [1.165, 1.54) is 4.90 Å². The van der Waals surface area contributed by atoms with E-state index in [4.69, 9.17) is 10.2 Å². The van der Waals surface area contributed by atoms with Gasteiger partial charge >= 0.3 is 11.9 Å². The first-order valence-electron chi connectivity index (χ1n) is 5.68. The topological polar surface area (TPSA) is 94.9 Å². The fourth-order valence-corrected chi connectivity index (χ4v) is 1.38. The molecule has 0 aromatic rings. The molecule has 0 bridgehead atoms. The molecule has 0 spiro atoms. The summed E-state index contributed by atoms with van der Waals surface area (Å²) in [6.07, 6.45) is 1.30. The highest BCUT2D eigenvalue weighted by Crippen LogP contribution is 2.02. The van der Waals surface area contributed by atoms with Gasteiger partial charge in [-0.15, -0.1) is 0 Å². The van der Waals surface area contributed by atoms with Crippen molar-refractivity contribution in [3.63, 3.8) is 0 Å². The summed E-state index contributed by atoms with van der Waals surface area (Å²) < 4.78 is 0. The normalized spacial score (nSPS) is 9.94. The Labute approximate surface area is 100 Å². The van der Waals surface area contributed by atoms with E-state index < -0.39 is 11.9 Å². The molecule has 0 rings (SSSR count). The Hall–Kier alpha value is -1.59. The van der Waals surface area contributed by atoms with Crippen LogP contribution in [0.2, 0.25) is 0 Å². The van der Waals surface area contributed by atoms with Crippen LogP contribution in [0, 0.1) is 0 Å². The quantitative estimate of drug-likeness (QED) is 0.630. The third-order valence-electron chi connectivity index (χ3n) is 2.23. The Morgan fingerprint density at radius 1 is 0.941 bits per heavy atom. The number of carbonyl (C=O) groups is 3. The first kappa shape index (κ1) is 15.4. The minimum atomic E-state index is -0.961. The van der Waals surface area contributed by atoms with E-state index in [2.05, 4.69) is 0 Å². The van der Waals surface area contributed by atoms with E-state index in [1.807, 2.05) is 6.92 Å². The van der Waals surface area contributed by atoms with Crippen molar-refractivity contribution in [2.75, 3.05) is 13.1 Å². The van der Waals surface area contributed by atoms with Gasteiger partial charge in [-0.25, -0.2) is 0 Å². The Bertz CT molecular complexity index is 277. The standard InChI is InChI=1S/C11H19NO5/c1-2-4-9(13)12(8-6-11(16)17)7-3-5-10(14)15/h2-8H2,1H3,(H,14,15)(H,16,17). The lowest BCUT2D eigenvalue weighted by Crippen LogP contribution is -2.33. The maximum Gasteiger partial charge on any atom is 0.305 e. The first-order chi connectivity index (χ1) is 7.97. The van der Waals surface area contributed by atoms with Gasteiger partial charge in [0.1, 0.15) is 0 Å². The van der Waals surface area contributed by atoms with Crippen molar-refractivity contribution in [1.29, 1.82) is 0 Å². The van der Waals surface area contributed by atoms with Crippen LogP contribution < -0.4 is 0 Å². The average molecular weight is 245 g/mol. The summed E-state index contributed by atoms with van der Waals surface area (Å²) in [5, 5.41) is 17.0. The molecule has 0 aromatic carbocycles. The van der Waals surface area contributed by atoms with Crippen LogP contribution in [0.1, 0.15) is 39.0 Å². The van der Waals surface area contributed by atoms with E-state index in [-0.39, 0.29) is 25.3 Å². The maximum absolute atomic E-state index is 11.6. The molecule has 0 atom stereocenters. The fraction of sp³-hybridized carbons (Fsp3) is 0.727. The van der Waals surface area contributed by atoms with Crippen molar-refractivity contribution in [3.05, 3.63) is 0 Å². The third kappa shape index (κ3) is 8.24. The molecule has 6 nitrogen and oxygen atoms in total. The zero-order chi connectivity index (χ0) is 13.3. The number of hydrogen-bond donors (Lipinski definition) is 2. The minimum Gasteiger partial charge on any atom is -0.481 e. The van der Waals surface area contributed by atoms with Crippen molar-refractivity contribution in [1.82, 2.24) is 4.90 Å². The molecule has 2 N–H and O–H groups in total. The molecular weight excluding hydrogens is 226 g/mol. The smallest absolute Gasteiger partial charge is 0.305 e. The molecule has 0 saturated heterocycles. The van der Waals surface area contributed by atoms with E-state index in [9.17, 15) is 14.4 Å². The van der Waals surface area contributed by atoms with Gasteiger partial charge in [-0.2, -0.15) is 0 Å². The van der Waals surface area contributed by atoms with Gasteiger partial charge in [0.2, 0.25) is 5.91 Å². The molecule has 0 fully saturated rings. The number of rotatable bonds is 9. The Morgan fingerprint density at radius 3 is 2.00 bits per heavy atom. The molecule has 0 aliphatic heterocycles. The van der Waals surface area contributed by atoms with Crippen LogP contribution in [-0.2, 0) is 14.4 Å². The van der Waals surface area contributed by atoms with Crippen molar-refractivity contribution in [2.24, 2.45) is 0 Å². The number of aliphatic carboxylic acids is 2. The summed E-state index contributed by atoms with van der Waals surface area (Å²) in [7, 11) is 0. The molecule has 0 radical (unpaired) electrons. The van der Waals surface area contributed by atoms with Crippen LogP contribution in [-0.4, -0.2) is 46.0 Å². The zero-order valence-corrected chi connectivity index (χ0v) is 10.0.